The molecule has 0 saturated carbocycles. The Morgan fingerprint density at radius 3 is 2.23 bits per heavy atom. The fraction of sp³-hybridized carbons (Fsp3) is 0.278. The SMILES string of the molecule is CC(NC(=O)CSCc1c(Cl)cccc1Cl)c1ccc(S(C)(=O)=O)cc1. The van der Waals surface area contributed by atoms with Gasteiger partial charge in [-0.3, -0.25) is 4.79 Å². The van der Waals surface area contributed by atoms with E-state index in [4.69, 9.17) is 23.2 Å². The lowest BCUT2D eigenvalue weighted by Gasteiger charge is -2.15. The second-order valence-electron chi connectivity index (χ2n) is 5.82. The molecule has 0 heterocycles. The van der Waals surface area contributed by atoms with E-state index in [9.17, 15) is 13.2 Å². The maximum absolute atomic E-state index is 12.1. The molecule has 0 aliphatic heterocycles. The van der Waals surface area contributed by atoms with E-state index in [1.807, 2.05) is 6.92 Å². The van der Waals surface area contributed by atoms with Gasteiger partial charge in [-0.05, 0) is 42.3 Å². The first kappa shape index (κ1) is 21.1. The number of sulfone groups is 1. The summed E-state index contributed by atoms with van der Waals surface area (Å²) in [6.07, 6.45) is 1.16. The standard InChI is InChI=1S/C18H19Cl2NO3S2/c1-12(13-6-8-14(9-7-13)26(2,23)24)21-18(22)11-25-10-15-16(19)4-3-5-17(15)20/h3-9,12H,10-11H2,1-2H3,(H,21,22). The Kier molecular flexibility index (Phi) is 7.41. The molecule has 0 bridgehead atoms. The summed E-state index contributed by atoms with van der Waals surface area (Å²) in [4.78, 5) is 12.4. The number of hydrogen-bond acceptors (Lipinski definition) is 4. The first-order valence-electron chi connectivity index (χ1n) is 7.78. The molecule has 0 fully saturated rings. The Balaban J connectivity index is 1.87. The molecular weight excluding hydrogens is 413 g/mol. The molecule has 2 rings (SSSR count). The molecule has 0 saturated heterocycles. The van der Waals surface area contributed by atoms with Crippen molar-refractivity contribution in [2.24, 2.45) is 0 Å². The summed E-state index contributed by atoms with van der Waals surface area (Å²) in [5.74, 6) is 0.703. The van der Waals surface area contributed by atoms with E-state index in [0.717, 1.165) is 17.4 Å². The van der Waals surface area contributed by atoms with E-state index in [1.54, 1.807) is 42.5 Å². The zero-order valence-electron chi connectivity index (χ0n) is 14.3. The Morgan fingerprint density at radius 2 is 1.69 bits per heavy atom. The van der Waals surface area contributed by atoms with Crippen molar-refractivity contribution < 1.29 is 13.2 Å². The number of carbonyl (C=O) groups is 1. The first-order valence-corrected chi connectivity index (χ1v) is 11.6. The van der Waals surface area contributed by atoms with Crippen molar-refractivity contribution in [1.29, 1.82) is 0 Å². The van der Waals surface area contributed by atoms with Gasteiger partial charge in [-0.1, -0.05) is 41.4 Å². The van der Waals surface area contributed by atoms with Gasteiger partial charge in [0.25, 0.3) is 0 Å². The Morgan fingerprint density at radius 1 is 1.12 bits per heavy atom. The molecule has 1 amide bonds. The van der Waals surface area contributed by atoms with Gasteiger partial charge < -0.3 is 5.32 Å². The largest absolute Gasteiger partial charge is 0.349 e. The summed E-state index contributed by atoms with van der Waals surface area (Å²) >= 11 is 13.7. The zero-order chi connectivity index (χ0) is 19.3. The molecule has 1 N–H and O–H groups in total. The third kappa shape index (κ3) is 5.91. The van der Waals surface area contributed by atoms with Crippen LogP contribution in [0.25, 0.3) is 0 Å². The number of benzene rings is 2. The predicted octanol–water partition coefficient (Wildman–Crippen LogP) is 4.51. The molecule has 0 aliphatic rings. The number of nitrogens with one attached hydrogen (secondary N) is 1. The van der Waals surface area contributed by atoms with Gasteiger partial charge >= 0.3 is 0 Å². The lowest BCUT2D eigenvalue weighted by Crippen LogP contribution is -2.28. The van der Waals surface area contributed by atoms with Gasteiger partial charge in [0.05, 0.1) is 16.7 Å². The monoisotopic (exact) mass is 431 g/mol. The first-order chi connectivity index (χ1) is 12.2. The van der Waals surface area contributed by atoms with Gasteiger partial charge in [-0.15, -0.1) is 11.8 Å². The predicted molar refractivity (Wildman–Crippen MR) is 109 cm³/mol. The number of rotatable bonds is 7. The highest BCUT2D eigenvalue weighted by Crippen LogP contribution is 2.28. The number of amides is 1. The Bertz CT molecular complexity index is 864. The van der Waals surface area contributed by atoms with E-state index >= 15 is 0 Å². The van der Waals surface area contributed by atoms with Crippen molar-refractivity contribution in [1.82, 2.24) is 5.32 Å². The molecule has 0 aromatic heterocycles. The molecular formula is C18H19Cl2NO3S2. The van der Waals surface area contributed by atoms with E-state index in [2.05, 4.69) is 5.32 Å². The summed E-state index contributed by atoms with van der Waals surface area (Å²) in [7, 11) is -3.23. The number of carbonyl (C=O) groups excluding carboxylic acids is 1. The Labute approximate surface area is 168 Å². The van der Waals surface area contributed by atoms with Crippen molar-refractivity contribution in [3.8, 4) is 0 Å². The normalized spacial score (nSPS) is 12.6. The minimum absolute atomic E-state index is 0.113. The van der Waals surface area contributed by atoms with Crippen molar-refractivity contribution in [2.75, 3.05) is 12.0 Å². The summed E-state index contributed by atoms with van der Waals surface area (Å²) in [6, 6.07) is 11.6. The summed E-state index contributed by atoms with van der Waals surface area (Å²) in [5.41, 5.74) is 1.66. The summed E-state index contributed by atoms with van der Waals surface area (Å²) in [5, 5.41) is 4.07. The van der Waals surface area contributed by atoms with E-state index < -0.39 is 9.84 Å². The van der Waals surface area contributed by atoms with Crippen LogP contribution < -0.4 is 5.32 Å². The average Bonchev–Trinajstić information content (AvgIpc) is 2.57. The minimum Gasteiger partial charge on any atom is -0.349 e. The van der Waals surface area contributed by atoms with Crippen LogP contribution in [0.5, 0.6) is 0 Å². The minimum atomic E-state index is -3.23. The van der Waals surface area contributed by atoms with Gasteiger partial charge in [-0.2, -0.15) is 0 Å². The molecule has 2 aromatic rings. The lowest BCUT2D eigenvalue weighted by atomic mass is 10.1. The van der Waals surface area contributed by atoms with Crippen LogP contribution in [0.3, 0.4) is 0 Å². The number of thioether (sulfide) groups is 1. The van der Waals surface area contributed by atoms with Crippen LogP contribution in [0.15, 0.2) is 47.4 Å². The van der Waals surface area contributed by atoms with E-state index in [1.165, 1.54) is 11.8 Å². The van der Waals surface area contributed by atoms with Crippen LogP contribution in [0.4, 0.5) is 0 Å². The molecule has 0 radical (unpaired) electrons. The number of halogens is 2. The van der Waals surface area contributed by atoms with Gasteiger partial charge in [-0.25, -0.2) is 8.42 Å². The highest BCUT2D eigenvalue weighted by atomic mass is 35.5. The highest BCUT2D eigenvalue weighted by Gasteiger charge is 2.13. The maximum atomic E-state index is 12.1. The number of hydrogen-bond donors (Lipinski definition) is 1. The third-order valence-electron chi connectivity index (χ3n) is 3.73. The van der Waals surface area contributed by atoms with Crippen LogP contribution in [-0.4, -0.2) is 26.3 Å². The van der Waals surface area contributed by atoms with Crippen LogP contribution in [0, 0.1) is 0 Å². The lowest BCUT2D eigenvalue weighted by molar-refractivity contribution is -0.119. The summed E-state index contributed by atoms with van der Waals surface area (Å²) < 4.78 is 23.0. The fourth-order valence-electron chi connectivity index (χ4n) is 2.29. The smallest absolute Gasteiger partial charge is 0.230 e. The van der Waals surface area contributed by atoms with Crippen molar-refractivity contribution in [3.63, 3.8) is 0 Å². The van der Waals surface area contributed by atoms with E-state index in [0.29, 0.717) is 15.8 Å². The van der Waals surface area contributed by atoms with Gasteiger partial charge in [0.15, 0.2) is 9.84 Å². The van der Waals surface area contributed by atoms with Gasteiger partial charge in [0, 0.05) is 22.1 Å². The van der Waals surface area contributed by atoms with Crippen LogP contribution in [0.2, 0.25) is 10.0 Å². The van der Waals surface area contributed by atoms with Gasteiger partial charge in [0.2, 0.25) is 5.91 Å². The van der Waals surface area contributed by atoms with Crippen LogP contribution in [0.1, 0.15) is 24.1 Å². The van der Waals surface area contributed by atoms with E-state index in [-0.39, 0.29) is 22.6 Å². The Hall–Kier alpha value is -1.21. The fourth-order valence-corrected chi connectivity index (χ4v) is 4.49. The average molecular weight is 432 g/mol. The van der Waals surface area contributed by atoms with Gasteiger partial charge in [0.1, 0.15) is 0 Å². The molecule has 1 unspecified atom stereocenters. The second-order valence-corrected chi connectivity index (χ2v) is 9.64. The maximum Gasteiger partial charge on any atom is 0.230 e. The van der Waals surface area contributed by atoms with Crippen molar-refractivity contribution >= 4 is 50.7 Å². The second kappa shape index (κ2) is 9.13. The zero-order valence-corrected chi connectivity index (χ0v) is 17.5. The molecule has 1 atom stereocenters. The van der Waals surface area contributed by atoms with Crippen molar-refractivity contribution in [3.05, 3.63) is 63.6 Å². The molecule has 8 heteroatoms. The molecule has 0 aliphatic carbocycles. The molecule has 26 heavy (non-hydrogen) atoms. The molecule has 0 spiro atoms. The molecule has 4 nitrogen and oxygen atoms in total. The van der Waals surface area contributed by atoms with Crippen LogP contribution >= 0.6 is 35.0 Å². The van der Waals surface area contributed by atoms with Crippen LogP contribution in [-0.2, 0) is 20.4 Å². The van der Waals surface area contributed by atoms with Crippen molar-refractivity contribution in [2.45, 2.75) is 23.6 Å². The highest BCUT2D eigenvalue weighted by molar-refractivity contribution is 7.99. The quantitative estimate of drug-likeness (QED) is 0.700. The third-order valence-corrected chi connectivity index (χ3v) is 6.52. The topological polar surface area (TPSA) is 63.2 Å². The summed E-state index contributed by atoms with van der Waals surface area (Å²) in [6.45, 7) is 1.85. The molecule has 140 valence electrons. The molecule has 2 aromatic carbocycles.